The number of rotatable bonds is 3. The topological polar surface area (TPSA) is 17.0 Å². The van der Waals surface area contributed by atoms with E-state index in [4.69, 9.17) is 4.86 Å². The van der Waals surface area contributed by atoms with Gasteiger partial charge in [-0.25, -0.2) is 0 Å². The van der Waals surface area contributed by atoms with E-state index >= 15 is 0 Å². The molecule has 5 radical (unpaired) electrons. The fraction of sp³-hybridized carbons (Fsp3) is 0.111. The van der Waals surface area contributed by atoms with Crippen molar-refractivity contribution in [2.24, 2.45) is 0 Å². The average Bonchev–Trinajstić information content (AvgIpc) is 3.91. The second kappa shape index (κ2) is 5.34. The molecule has 13 heteroatoms. The zero-order chi connectivity index (χ0) is 25.8. The molecule has 0 aliphatic carbocycles. The molecule has 1 aromatic heterocycles. The van der Waals surface area contributed by atoms with Crippen LogP contribution in [0.3, 0.4) is 0 Å². The zero-order valence-electron chi connectivity index (χ0n) is 22.5. The standard InChI is InChI=1S/C27H20B9N2P2/c1-27(2)17-9-3-4-11-19(17)31-20-12-5-8-16-24-21(38(26(16)20)22-14-6-10-18(27)25(22)31)13-7-15-23(24)39(32-28-33(39)36(32)39)37-40-29-34(40)35(40)30-40/h3-15,37H,1-2H3/q-2. The summed E-state index contributed by atoms with van der Waals surface area (Å²) < 4.78 is 2.68. The molecule has 2 bridgehead atoms. The molecule has 1 spiro atoms. The van der Waals surface area contributed by atoms with Crippen LogP contribution in [0.25, 0.3) is 27.5 Å². The molecule has 0 saturated carbocycles. The van der Waals surface area contributed by atoms with E-state index in [9.17, 15) is 0 Å². The fourth-order valence-corrected chi connectivity index (χ4v) is 30.7. The second-order valence-corrected chi connectivity index (χ2v) is 25.3. The molecule has 4 aromatic carbocycles. The van der Waals surface area contributed by atoms with Crippen molar-refractivity contribution in [3.63, 3.8) is 0 Å². The molecule has 1 N–H and O–H groups in total. The molecule has 9 aliphatic rings. The molecular weight excluding hydrogens is 512 g/mol. The number of hydrogen-bond acceptors (Lipinski definition) is 1. The number of fused-ring (bicyclic) bond motifs is 8. The van der Waals surface area contributed by atoms with Gasteiger partial charge >= 0.3 is 239 Å². The Morgan fingerprint density at radius 3 is 2.35 bits per heavy atom. The molecule has 9 aliphatic heterocycles. The van der Waals surface area contributed by atoms with E-state index < -0.39 is 12.7 Å². The maximum atomic E-state index is 4.71. The summed E-state index contributed by atoms with van der Waals surface area (Å²) in [5.74, 6) is 0. The molecule has 2 nitrogen and oxygen atoms in total. The third-order valence-electron chi connectivity index (χ3n) is 13.6. The molecular formula is C27H20B9N2P2-2. The van der Waals surface area contributed by atoms with Gasteiger partial charge in [-0.2, -0.15) is 0 Å². The molecule has 10 heterocycles. The van der Waals surface area contributed by atoms with Crippen molar-refractivity contribution in [2.45, 2.75) is 19.3 Å². The van der Waals surface area contributed by atoms with Gasteiger partial charge in [0.1, 0.15) is 0 Å². The van der Waals surface area contributed by atoms with Crippen LogP contribution >= 0.6 is 12.7 Å². The number of para-hydroxylation sites is 1. The van der Waals surface area contributed by atoms with Crippen molar-refractivity contribution in [1.82, 2.24) is 9.42 Å². The van der Waals surface area contributed by atoms with Crippen molar-refractivity contribution >= 4 is 115 Å². The van der Waals surface area contributed by atoms with Crippen LogP contribution in [0.2, 0.25) is 0 Å². The quantitative estimate of drug-likeness (QED) is 0.271. The van der Waals surface area contributed by atoms with Gasteiger partial charge in [0, 0.05) is 0 Å². The third-order valence-corrected chi connectivity index (χ3v) is 28.0. The second-order valence-electron chi connectivity index (χ2n) is 14.9. The summed E-state index contributed by atoms with van der Waals surface area (Å²) in [6.45, 7) is 10.7. The first-order valence-electron chi connectivity index (χ1n) is 15.2. The Kier molecular flexibility index (Phi) is 2.79. The average molecular weight is 532 g/mol. The van der Waals surface area contributed by atoms with Crippen molar-refractivity contribution in [3.05, 3.63) is 90.0 Å². The summed E-state index contributed by atoms with van der Waals surface area (Å²) in [5.41, 5.74) is 11.7. The minimum atomic E-state index is -2.03. The third kappa shape index (κ3) is 1.63. The van der Waals surface area contributed by atoms with Gasteiger partial charge in [0.15, 0.2) is 0 Å². The van der Waals surface area contributed by atoms with Crippen LogP contribution in [0.5, 0.6) is 0 Å². The predicted octanol–water partition coefficient (Wildman–Crippen LogP) is 1.61. The van der Waals surface area contributed by atoms with Crippen molar-refractivity contribution in [1.29, 1.82) is 0 Å². The van der Waals surface area contributed by atoms with Gasteiger partial charge in [-0.3, -0.25) is 0 Å². The van der Waals surface area contributed by atoms with Gasteiger partial charge in [0.25, 0.3) is 0 Å². The summed E-state index contributed by atoms with van der Waals surface area (Å²) in [4.78, 5) is 4.71. The molecule has 0 unspecified atom stereocenters. The minimum absolute atomic E-state index is 0.0222. The van der Waals surface area contributed by atoms with Crippen molar-refractivity contribution in [2.75, 3.05) is 0 Å². The van der Waals surface area contributed by atoms with Crippen LogP contribution in [-0.2, 0) is 5.41 Å². The number of nitrogens with one attached hydrogen (secondary N) is 1. The Balaban J connectivity index is 1.17. The fourth-order valence-electron chi connectivity index (χ4n) is 11.3. The Hall–Kier alpha value is -1.92. The van der Waals surface area contributed by atoms with E-state index in [1.165, 1.54) is 49.6 Å². The van der Waals surface area contributed by atoms with Crippen LogP contribution in [0.1, 0.15) is 25.0 Å². The van der Waals surface area contributed by atoms with Gasteiger partial charge in [0.05, 0.1) is 0 Å². The monoisotopic (exact) mass is 533 g/mol. The van der Waals surface area contributed by atoms with Crippen molar-refractivity contribution in [3.8, 4) is 5.69 Å². The van der Waals surface area contributed by atoms with E-state index in [1.807, 2.05) is 0 Å². The predicted molar refractivity (Wildman–Crippen MR) is 187 cm³/mol. The van der Waals surface area contributed by atoms with Crippen LogP contribution in [0.15, 0.2) is 78.9 Å². The van der Waals surface area contributed by atoms with E-state index in [1.54, 1.807) is 10.7 Å². The molecule has 7 fully saturated rings. The van der Waals surface area contributed by atoms with Crippen LogP contribution < -0.4 is 26.6 Å². The Bertz CT molecular complexity index is 2190. The Morgan fingerprint density at radius 1 is 0.850 bits per heavy atom. The van der Waals surface area contributed by atoms with Crippen molar-refractivity contribution < 1.29 is 0 Å². The molecule has 0 atom stereocenters. The summed E-state index contributed by atoms with van der Waals surface area (Å²) in [6.07, 6.45) is 1.02. The van der Waals surface area contributed by atoms with E-state index in [-0.39, 0.29) is 12.1 Å². The molecule has 177 valence electrons. The first kappa shape index (κ1) is 20.9. The van der Waals surface area contributed by atoms with Crippen LogP contribution in [0.4, 0.5) is 0 Å². The van der Waals surface area contributed by atoms with E-state index in [0.29, 0.717) is 0 Å². The number of benzene rings is 4. The first-order valence-corrected chi connectivity index (χ1v) is 20.1. The molecule has 0 amide bonds. The first-order chi connectivity index (χ1) is 19.5. The molecule has 7 saturated heterocycles. The normalized spacial score (nSPS) is 27.9. The Labute approximate surface area is 238 Å². The number of hydrogen-bond donors (Lipinski definition) is 1. The number of aromatic nitrogens is 1. The SMILES string of the molecule is CC1(C)c2ccccc2B2c3c(cccc31)-n1c3cccc(P45(NP678[B]B6B7[B-]8)B6[B-]B4B65)c3c3cccc2c31. The summed E-state index contributed by atoms with van der Waals surface area (Å²) in [7, 11) is 2.72. The summed E-state index contributed by atoms with van der Waals surface area (Å²) in [6, 6.07) is 31.0. The summed E-state index contributed by atoms with van der Waals surface area (Å²) >= 11 is 0. The van der Waals surface area contributed by atoms with Gasteiger partial charge in [-0.05, 0) is 0 Å². The van der Waals surface area contributed by atoms with Gasteiger partial charge in [0.2, 0.25) is 0 Å². The Morgan fingerprint density at radius 2 is 1.60 bits per heavy atom. The van der Waals surface area contributed by atoms with E-state index in [0.717, 1.165) is 31.1 Å². The van der Waals surface area contributed by atoms with Gasteiger partial charge in [-0.15, -0.1) is 0 Å². The van der Waals surface area contributed by atoms with Crippen LogP contribution in [0, 0.1) is 0 Å². The zero-order valence-corrected chi connectivity index (χ0v) is 24.3. The van der Waals surface area contributed by atoms with Gasteiger partial charge in [-0.1, -0.05) is 0 Å². The number of nitrogens with zero attached hydrogens (tertiary/aromatic N) is 1. The molecule has 40 heavy (non-hydrogen) atoms. The maximum absolute atomic E-state index is 4.71. The molecule has 5 aromatic rings. The molecule has 14 rings (SSSR count). The van der Waals surface area contributed by atoms with Crippen LogP contribution in [-0.4, -0.2) is 63.2 Å². The summed E-state index contributed by atoms with van der Waals surface area (Å²) in [5, 5.41) is 4.81. The van der Waals surface area contributed by atoms with Gasteiger partial charge < -0.3 is 0 Å². The van der Waals surface area contributed by atoms with E-state index in [2.05, 4.69) is 118 Å².